The molecule has 0 aliphatic carbocycles. The van der Waals surface area contributed by atoms with Crippen LogP contribution in [0.2, 0.25) is 0 Å². The second-order valence-electron chi connectivity index (χ2n) is 5.64. The van der Waals surface area contributed by atoms with Gasteiger partial charge in [0.15, 0.2) is 0 Å². The van der Waals surface area contributed by atoms with Crippen LogP contribution in [0.5, 0.6) is 11.5 Å². The van der Waals surface area contributed by atoms with Gasteiger partial charge in [0.1, 0.15) is 11.5 Å². The lowest BCUT2D eigenvalue weighted by Crippen LogP contribution is -2.28. The van der Waals surface area contributed by atoms with Crippen molar-refractivity contribution < 1.29 is 19.4 Å². The average molecular weight is 326 g/mol. The molecule has 1 unspecified atom stereocenters. The van der Waals surface area contributed by atoms with E-state index in [1.165, 1.54) is 12.1 Å². The Hall–Kier alpha value is -3.02. The SMILES string of the molecule is COc1ccc(N2CC(C(=O)Nc3ccc(O)cc3)CC2=O)cc1. The number of benzene rings is 2. The van der Waals surface area contributed by atoms with Gasteiger partial charge in [0.2, 0.25) is 11.8 Å². The number of carbonyl (C=O) groups is 2. The van der Waals surface area contributed by atoms with Crippen LogP contribution in [0.4, 0.5) is 11.4 Å². The minimum Gasteiger partial charge on any atom is -0.508 e. The van der Waals surface area contributed by atoms with Crippen LogP contribution in [-0.4, -0.2) is 30.6 Å². The minimum absolute atomic E-state index is 0.0778. The van der Waals surface area contributed by atoms with Crippen LogP contribution in [-0.2, 0) is 9.59 Å². The van der Waals surface area contributed by atoms with E-state index >= 15 is 0 Å². The fourth-order valence-corrected chi connectivity index (χ4v) is 2.68. The van der Waals surface area contributed by atoms with E-state index in [9.17, 15) is 14.7 Å². The number of anilines is 2. The van der Waals surface area contributed by atoms with Gasteiger partial charge in [0.05, 0.1) is 13.0 Å². The molecular weight excluding hydrogens is 308 g/mol. The summed E-state index contributed by atoms with van der Waals surface area (Å²) in [5.41, 5.74) is 1.34. The Morgan fingerprint density at radius 3 is 2.46 bits per heavy atom. The highest BCUT2D eigenvalue weighted by molar-refractivity contribution is 6.03. The molecule has 1 atom stereocenters. The van der Waals surface area contributed by atoms with Crippen LogP contribution < -0.4 is 15.0 Å². The Balaban J connectivity index is 1.67. The lowest BCUT2D eigenvalue weighted by molar-refractivity contribution is -0.122. The third-order valence-corrected chi connectivity index (χ3v) is 4.01. The number of rotatable bonds is 4. The number of nitrogens with zero attached hydrogens (tertiary/aromatic N) is 1. The summed E-state index contributed by atoms with van der Waals surface area (Å²) in [5.74, 6) is 0.159. The van der Waals surface area contributed by atoms with E-state index in [2.05, 4.69) is 5.32 Å². The maximum absolute atomic E-state index is 12.4. The van der Waals surface area contributed by atoms with Crippen molar-refractivity contribution in [3.8, 4) is 11.5 Å². The standard InChI is InChI=1S/C18H18N2O4/c1-24-16-8-4-14(5-9-16)20-11-12(10-17(20)22)18(23)19-13-2-6-15(21)7-3-13/h2-9,12,21H,10-11H2,1H3,(H,19,23). The number of phenols is 1. The number of nitrogens with one attached hydrogen (secondary N) is 1. The van der Waals surface area contributed by atoms with Crippen LogP contribution >= 0.6 is 0 Å². The number of amides is 2. The van der Waals surface area contributed by atoms with Crippen LogP contribution in [0.15, 0.2) is 48.5 Å². The number of aromatic hydroxyl groups is 1. The summed E-state index contributed by atoms with van der Waals surface area (Å²) in [6.45, 7) is 0.342. The number of methoxy groups -OCH3 is 1. The summed E-state index contributed by atoms with van der Waals surface area (Å²) >= 11 is 0. The second kappa shape index (κ2) is 6.62. The van der Waals surface area contributed by atoms with Crippen molar-refractivity contribution in [2.75, 3.05) is 23.9 Å². The van der Waals surface area contributed by atoms with Gasteiger partial charge in [-0.1, -0.05) is 0 Å². The summed E-state index contributed by atoms with van der Waals surface area (Å²) in [5, 5.41) is 12.0. The molecule has 1 aliphatic heterocycles. The van der Waals surface area contributed by atoms with Gasteiger partial charge in [0, 0.05) is 24.3 Å². The van der Waals surface area contributed by atoms with Crippen LogP contribution in [0.25, 0.3) is 0 Å². The highest BCUT2D eigenvalue weighted by atomic mass is 16.5. The highest BCUT2D eigenvalue weighted by Gasteiger charge is 2.35. The first-order valence-electron chi connectivity index (χ1n) is 7.61. The van der Waals surface area contributed by atoms with E-state index in [-0.39, 0.29) is 24.0 Å². The van der Waals surface area contributed by atoms with Gasteiger partial charge in [-0.3, -0.25) is 9.59 Å². The van der Waals surface area contributed by atoms with Crippen molar-refractivity contribution in [3.05, 3.63) is 48.5 Å². The van der Waals surface area contributed by atoms with Gasteiger partial charge in [-0.05, 0) is 48.5 Å². The Labute approximate surface area is 139 Å². The van der Waals surface area contributed by atoms with Crippen molar-refractivity contribution in [3.63, 3.8) is 0 Å². The van der Waals surface area contributed by atoms with Crippen molar-refractivity contribution in [1.82, 2.24) is 0 Å². The van der Waals surface area contributed by atoms with Crippen molar-refractivity contribution in [1.29, 1.82) is 0 Å². The smallest absolute Gasteiger partial charge is 0.229 e. The highest BCUT2D eigenvalue weighted by Crippen LogP contribution is 2.27. The topological polar surface area (TPSA) is 78.9 Å². The zero-order valence-corrected chi connectivity index (χ0v) is 13.2. The van der Waals surface area contributed by atoms with Gasteiger partial charge in [0.25, 0.3) is 0 Å². The molecule has 1 fully saturated rings. The summed E-state index contributed by atoms with van der Waals surface area (Å²) in [7, 11) is 1.58. The molecule has 124 valence electrons. The molecule has 0 bridgehead atoms. The summed E-state index contributed by atoms with van der Waals surface area (Å²) in [6, 6.07) is 13.4. The maximum atomic E-state index is 12.4. The predicted molar refractivity (Wildman–Crippen MR) is 90.2 cm³/mol. The zero-order chi connectivity index (χ0) is 17.1. The monoisotopic (exact) mass is 326 g/mol. The quantitative estimate of drug-likeness (QED) is 0.846. The number of carbonyl (C=O) groups excluding carboxylic acids is 2. The molecule has 2 aromatic carbocycles. The van der Waals surface area contributed by atoms with E-state index < -0.39 is 5.92 Å². The first kappa shape index (κ1) is 15.9. The minimum atomic E-state index is -0.409. The molecule has 3 rings (SSSR count). The van der Waals surface area contributed by atoms with E-state index in [1.54, 1.807) is 48.4 Å². The zero-order valence-electron chi connectivity index (χ0n) is 13.2. The number of hydrogen-bond acceptors (Lipinski definition) is 4. The van der Waals surface area contributed by atoms with Gasteiger partial charge < -0.3 is 20.1 Å². The van der Waals surface area contributed by atoms with Gasteiger partial charge in [-0.2, -0.15) is 0 Å². The second-order valence-corrected chi connectivity index (χ2v) is 5.64. The van der Waals surface area contributed by atoms with E-state index in [0.717, 1.165) is 5.69 Å². The third kappa shape index (κ3) is 3.32. The maximum Gasteiger partial charge on any atom is 0.229 e. The van der Waals surface area contributed by atoms with E-state index in [4.69, 9.17) is 4.74 Å². The molecule has 1 heterocycles. The number of phenolic OH excluding ortho intramolecular Hbond substituents is 1. The largest absolute Gasteiger partial charge is 0.508 e. The molecular formula is C18H18N2O4. The molecule has 2 amide bonds. The van der Waals surface area contributed by atoms with Gasteiger partial charge in [-0.25, -0.2) is 0 Å². The summed E-state index contributed by atoms with van der Waals surface area (Å²) in [6.07, 6.45) is 0.177. The van der Waals surface area contributed by atoms with Crippen molar-refractivity contribution in [2.45, 2.75) is 6.42 Å². The summed E-state index contributed by atoms with van der Waals surface area (Å²) in [4.78, 5) is 26.2. The van der Waals surface area contributed by atoms with Crippen LogP contribution in [0.3, 0.4) is 0 Å². The van der Waals surface area contributed by atoms with Crippen LogP contribution in [0.1, 0.15) is 6.42 Å². The molecule has 6 heteroatoms. The fraction of sp³-hybridized carbons (Fsp3) is 0.222. The number of ether oxygens (including phenoxy) is 1. The number of hydrogen-bond donors (Lipinski definition) is 2. The first-order valence-corrected chi connectivity index (χ1v) is 7.61. The molecule has 0 saturated carbocycles. The summed E-state index contributed by atoms with van der Waals surface area (Å²) < 4.78 is 5.11. The van der Waals surface area contributed by atoms with Crippen molar-refractivity contribution >= 4 is 23.2 Å². The average Bonchev–Trinajstić information content (AvgIpc) is 2.99. The first-order chi connectivity index (χ1) is 11.6. The lowest BCUT2D eigenvalue weighted by atomic mass is 10.1. The Morgan fingerprint density at radius 1 is 1.17 bits per heavy atom. The predicted octanol–water partition coefficient (Wildman–Crippen LogP) is 2.39. The molecule has 2 N–H and O–H groups in total. The van der Waals surface area contributed by atoms with Crippen molar-refractivity contribution in [2.24, 2.45) is 5.92 Å². The van der Waals surface area contributed by atoms with Crippen LogP contribution in [0, 0.1) is 5.92 Å². The molecule has 6 nitrogen and oxygen atoms in total. The van der Waals surface area contributed by atoms with E-state index in [1.807, 2.05) is 0 Å². The normalized spacial score (nSPS) is 17.0. The molecule has 1 saturated heterocycles. The van der Waals surface area contributed by atoms with E-state index in [0.29, 0.717) is 18.0 Å². The van der Waals surface area contributed by atoms with Gasteiger partial charge in [-0.15, -0.1) is 0 Å². The Morgan fingerprint density at radius 2 is 1.83 bits per heavy atom. The molecule has 0 spiro atoms. The molecule has 0 aromatic heterocycles. The Kier molecular flexibility index (Phi) is 4.37. The molecule has 2 aromatic rings. The lowest BCUT2D eigenvalue weighted by Gasteiger charge is -2.17. The molecule has 24 heavy (non-hydrogen) atoms. The molecule has 1 aliphatic rings. The fourth-order valence-electron chi connectivity index (χ4n) is 2.68. The van der Waals surface area contributed by atoms with Gasteiger partial charge >= 0.3 is 0 Å². The third-order valence-electron chi connectivity index (χ3n) is 4.01. The Bertz CT molecular complexity index is 741. The molecule has 0 radical (unpaired) electrons.